The number of hydrazone groups is 1. The molecule has 0 aliphatic rings. The summed E-state index contributed by atoms with van der Waals surface area (Å²) in [4.78, 5) is 25.6. The minimum Gasteiger partial charge on any atom is -0.422 e. The third-order valence-electron chi connectivity index (χ3n) is 5.38. The molecule has 37 heavy (non-hydrogen) atoms. The molecule has 1 amide bonds. The van der Waals surface area contributed by atoms with E-state index in [0.29, 0.717) is 21.0 Å². The Kier molecular flexibility index (Phi) is 7.07. The first-order chi connectivity index (χ1) is 18.0. The lowest BCUT2D eigenvalue weighted by Gasteiger charge is -2.06. The predicted molar refractivity (Wildman–Crippen MR) is 141 cm³/mol. The quantitative estimate of drug-likeness (QED) is 0.122. The Bertz CT molecular complexity index is 1650. The summed E-state index contributed by atoms with van der Waals surface area (Å²) in [6.45, 7) is 0.186. The van der Waals surface area contributed by atoms with Gasteiger partial charge in [0, 0.05) is 27.4 Å². The molecule has 0 atom stereocenters. The number of benzene rings is 3. The van der Waals surface area contributed by atoms with E-state index < -0.39 is 11.9 Å². The zero-order valence-electron chi connectivity index (χ0n) is 19.1. The van der Waals surface area contributed by atoms with Crippen molar-refractivity contribution in [2.24, 2.45) is 5.10 Å². The number of amides is 1. The average Bonchev–Trinajstić information content (AvgIpc) is 3.51. The van der Waals surface area contributed by atoms with Gasteiger partial charge < -0.3 is 4.74 Å². The van der Waals surface area contributed by atoms with Crippen LogP contribution in [-0.4, -0.2) is 27.9 Å². The van der Waals surface area contributed by atoms with Crippen LogP contribution < -0.4 is 10.2 Å². The van der Waals surface area contributed by atoms with Gasteiger partial charge in [0.25, 0.3) is 5.91 Å². The molecular formula is C27H18ClFN4O3S. The van der Waals surface area contributed by atoms with E-state index in [4.69, 9.17) is 16.3 Å². The summed E-state index contributed by atoms with van der Waals surface area (Å²) in [5.74, 6) is -1.22. The molecule has 0 fully saturated rings. The fourth-order valence-corrected chi connectivity index (χ4v) is 4.95. The molecule has 0 radical (unpaired) electrons. The number of para-hydroxylation sites is 1. The van der Waals surface area contributed by atoms with Crippen molar-refractivity contribution in [3.8, 4) is 5.75 Å². The van der Waals surface area contributed by atoms with Crippen molar-refractivity contribution in [1.82, 2.24) is 15.2 Å². The molecule has 0 aliphatic carbocycles. The number of halogens is 2. The van der Waals surface area contributed by atoms with Gasteiger partial charge in [-0.1, -0.05) is 60.1 Å². The third-order valence-corrected chi connectivity index (χ3v) is 7.03. The highest BCUT2D eigenvalue weighted by molar-refractivity contribution is 7.21. The van der Waals surface area contributed by atoms with Gasteiger partial charge in [-0.05, 0) is 30.3 Å². The first kappa shape index (κ1) is 24.4. The second-order valence-electron chi connectivity index (χ2n) is 7.86. The molecule has 0 saturated heterocycles. The first-order valence-corrected chi connectivity index (χ1v) is 12.3. The van der Waals surface area contributed by atoms with Gasteiger partial charge in [-0.3, -0.25) is 9.48 Å². The van der Waals surface area contributed by atoms with Crippen molar-refractivity contribution in [3.63, 3.8) is 0 Å². The fraction of sp³-hybridized carbons (Fsp3) is 0.0370. The second-order valence-corrected chi connectivity index (χ2v) is 9.29. The summed E-state index contributed by atoms with van der Waals surface area (Å²) < 4.78 is 21.8. The van der Waals surface area contributed by atoms with Crippen molar-refractivity contribution in [3.05, 3.63) is 118 Å². The highest BCUT2D eigenvalue weighted by Gasteiger charge is 2.20. The third kappa shape index (κ3) is 5.42. The lowest BCUT2D eigenvalue weighted by atomic mass is 10.2. The maximum Gasteiger partial charge on any atom is 0.355 e. The summed E-state index contributed by atoms with van der Waals surface area (Å²) in [6, 6.07) is 22.1. The van der Waals surface area contributed by atoms with Crippen LogP contribution in [0.1, 0.15) is 31.3 Å². The Hall–Kier alpha value is -4.34. The summed E-state index contributed by atoms with van der Waals surface area (Å²) in [5.41, 5.74) is 3.44. The molecule has 1 N–H and O–H groups in total. The number of aromatic nitrogens is 2. The van der Waals surface area contributed by atoms with E-state index in [0.717, 1.165) is 10.1 Å². The molecule has 0 saturated carbocycles. The van der Waals surface area contributed by atoms with Gasteiger partial charge in [-0.2, -0.15) is 10.2 Å². The molecule has 0 bridgehead atoms. The van der Waals surface area contributed by atoms with Gasteiger partial charge in [-0.15, -0.1) is 11.3 Å². The number of thiophene rings is 1. The number of rotatable bonds is 7. The first-order valence-electron chi connectivity index (χ1n) is 11.1. The van der Waals surface area contributed by atoms with Crippen LogP contribution in [0.4, 0.5) is 4.39 Å². The van der Waals surface area contributed by atoms with E-state index in [1.807, 2.05) is 24.3 Å². The molecule has 10 heteroatoms. The van der Waals surface area contributed by atoms with E-state index in [2.05, 4.69) is 15.6 Å². The smallest absolute Gasteiger partial charge is 0.355 e. The van der Waals surface area contributed by atoms with Crippen LogP contribution in [0.15, 0.2) is 90.2 Å². The van der Waals surface area contributed by atoms with E-state index in [1.165, 1.54) is 34.4 Å². The number of hydrogen-bond donors (Lipinski definition) is 1. The molecule has 0 unspecified atom stereocenters. The van der Waals surface area contributed by atoms with Crippen LogP contribution in [0.2, 0.25) is 5.02 Å². The summed E-state index contributed by atoms with van der Waals surface area (Å²) in [6.07, 6.45) is 2.95. The van der Waals surface area contributed by atoms with Crippen LogP contribution in [0.5, 0.6) is 5.75 Å². The van der Waals surface area contributed by atoms with Crippen molar-refractivity contribution in [2.45, 2.75) is 6.54 Å². The highest BCUT2D eigenvalue weighted by atomic mass is 35.5. The summed E-state index contributed by atoms with van der Waals surface area (Å²) >= 11 is 7.65. The summed E-state index contributed by atoms with van der Waals surface area (Å²) in [7, 11) is 0. The Morgan fingerprint density at radius 1 is 1.05 bits per heavy atom. The zero-order valence-corrected chi connectivity index (χ0v) is 20.7. The van der Waals surface area contributed by atoms with Crippen molar-refractivity contribution >= 4 is 51.1 Å². The topological polar surface area (TPSA) is 85.6 Å². The molecule has 0 spiro atoms. The van der Waals surface area contributed by atoms with Gasteiger partial charge in [0.1, 0.15) is 16.4 Å². The van der Waals surface area contributed by atoms with Gasteiger partial charge in [0.15, 0.2) is 5.69 Å². The number of esters is 1. The SMILES string of the molecule is O=C(NN=Cc1ccccc1OC(=O)c1sc2ccccc2c1Cl)c1ccn(Cc2ccccc2F)n1. The number of carbonyl (C=O) groups is 2. The minimum absolute atomic E-state index is 0.118. The van der Waals surface area contributed by atoms with Crippen LogP contribution in [0.3, 0.4) is 0 Å². The molecule has 184 valence electrons. The molecule has 5 aromatic rings. The Labute approximate surface area is 219 Å². The van der Waals surface area contributed by atoms with Gasteiger partial charge in [-0.25, -0.2) is 14.6 Å². The molecule has 2 aromatic heterocycles. The standard InChI is InChI=1S/C27H18ClFN4O3S/c28-24-19-9-3-6-12-23(19)37-25(24)27(35)36-22-11-5-2-7-17(22)15-30-31-26(34)21-13-14-33(32-21)16-18-8-1-4-10-20(18)29/h1-15H,16H2,(H,31,34). The minimum atomic E-state index is -0.587. The monoisotopic (exact) mass is 532 g/mol. The second kappa shape index (κ2) is 10.7. The Morgan fingerprint density at radius 2 is 1.81 bits per heavy atom. The number of hydrogen-bond acceptors (Lipinski definition) is 6. The maximum absolute atomic E-state index is 13.9. The van der Waals surface area contributed by atoms with E-state index in [9.17, 15) is 14.0 Å². The van der Waals surface area contributed by atoms with Crippen LogP contribution in [0, 0.1) is 5.82 Å². The Morgan fingerprint density at radius 3 is 2.65 bits per heavy atom. The number of nitrogens with zero attached hydrogens (tertiary/aromatic N) is 3. The predicted octanol–water partition coefficient (Wildman–Crippen LogP) is 5.92. The number of fused-ring (bicyclic) bond motifs is 1. The van der Waals surface area contributed by atoms with Crippen LogP contribution >= 0.6 is 22.9 Å². The fourth-order valence-electron chi connectivity index (χ4n) is 3.56. The molecule has 5 rings (SSSR count). The Balaban J connectivity index is 1.25. The number of ether oxygens (including phenoxy) is 1. The lowest BCUT2D eigenvalue weighted by molar-refractivity contribution is 0.0739. The molecule has 3 aromatic carbocycles. The normalized spacial score (nSPS) is 11.2. The van der Waals surface area contributed by atoms with Crippen molar-refractivity contribution in [2.75, 3.05) is 0 Å². The van der Waals surface area contributed by atoms with Crippen molar-refractivity contribution in [1.29, 1.82) is 0 Å². The van der Waals surface area contributed by atoms with Crippen molar-refractivity contribution < 1.29 is 18.7 Å². The lowest BCUT2D eigenvalue weighted by Crippen LogP contribution is -2.19. The van der Waals surface area contributed by atoms with Gasteiger partial charge in [0.2, 0.25) is 0 Å². The van der Waals surface area contributed by atoms with E-state index >= 15 is 0 Å². The van der Waals surface area contributed by atoms with Crippen LogP contribution in [-0.2, 0) is 6.54 Å². The number of nitrogens with one attached hydrogen (secondary N) is 1. The number of carbonyl (C=O) groups excluding carboxylic acids is 2. The average molecular weight is 533 g/mol. The molecule has 7 nitrogen and oxygen atoms in total. The molecule has 2 heterocycles. The van der Waals surface area contributed by atoms with Gasteiger partial charge >= 0.3 is 5.97 Å². The van der Waals surface area contributed by atoms with E-state index in [1.54, 1.807) is 48.7 Å². The largest absolute Gasteiger partial charge is 0.422 e. The summed E-state index contributed by atoms with van der Waals surface area (Å²) in [5, 5.41) is 9.27. The highest BCUT2D eigenvalue weighted by Crippen LogP contribution is 2.36. The van der Waals surface area contributed by atoms with Gasteiger partial charge in [0.05, 0.1) is 17.8 Å². The zero-order chi connectivity index (χ0) is 25.8. The molecular weight excluding hydrogens is 515 g/mol. The molecule has 0 aliphatic heterocycles. The van der Waals surface area contributed by atoms with E-state index in [-0.39, 0.29) is 23.8 Å². The van der Waals surface area contributed by atoms with Crippen LogP contribution in [0.25, 0.3) is 10.1 Å². The maximum atomic E-state index is 13.9.